The molecule has 0 radical (unpaired) electrons. The molecule has 0 aliphatic rings. The molecular weight excluding hydrogens is 334 g/mol. The number of nitrogens with zero attached hydrogens (tertiary/aromatic N) is 2. The van der Waals surface area contributed by atoms with Gasteiger partial charge in [0.15, 0.2) is 5.16 Å². The van der Waals surface area contributed by atoms with Crippen LogP contribution in [0, 0.1) is 6.92 Å². The van der Waals surface area contributed by atoms with Crippen LogP contribution < -0.4 is 5.73 Å². The second-order valence-electron chi connectivity index (χ2n) is 4.71. The van der Waals surface area contributed by atoms with Gasteiger partial charge in [-0.1, -0.05) is 28.9 Å². The molecule has 2 rings (SSSR count). The van der Waals surface area contributed by atoms with E-state index in [1.54, 1.807) is 18.0 Å². The van der Waals surface area contributed by atoms with E-state index in [4.69, 9.17) is 5.73 Å². The van der Waals surface area contributed by atoms with Gasteiger partial charge < -0.3 is 5.73 Å². The fraction of sp³-hybridized carbons (Fsp3) is 0.333. The zero-order valence-corrected chi connectivity index (χ0v) is 14.0. The SMILES string of the molecule is CCC(N)Cc1ccc(Sc2nccc(C)n2)cc1Br. The van der Waals surface area contributed by atoms with Crippen LogP contribution in [0.1, 0.15) is 24.6 Å². The quantitative estimate of drug-likeness (QED) is 0.827. The Bertz CT molecular complexity index is 589. The maximum absolute atomic E-state index is 6.01. The molecule has 3 nitrogen and oxygen atoms in total. The largest absolute Gasteiger partial charge is 0.327 e. The average molecular weight is 352 g/mol. The third-order valence-electron chi connectivity index (χ3n) is 3.01. The summed E-state index contributed by atoms with van der Waals surface area (Å²) in [5.74, 6) is 0. The molecule has 1 heterocycles. The van der Waals surface area contributed by atoms with Gasteiger partial charge in [0.1, 0.15) is 0 Å². The molecule has 20 heavy (non-hydrogen) atoms. The molecule has 0 bridgehead atoms. The van der Waals surface area contributed by atoms with Crippen molar-refractivity contribution in [3.05, 3.63) is 46.2 Å². The van der Waals surface area contributed by atoms with Crippen LogP contribution in [0.3, 0.4) is 0 Å². The Morgan fingerprint density at radius 2 is 2.15 bits per heavy atom. The minimum atomic E-state index is 0.213. The topological polar surface area (TPSA) is 51.8 Å². The summed E-state index contributed by atoms with van der Waals surface area (Å²) in [6, 6.07) is 8.43. The van der Waals surface area contributed by atoms with Gasteiger partial charge in [0.25, 0.3) is 0 Å². The first-order valence-corrected chi connectivity index (χ1v) is 8.21. The number of nitrogens with two attached hydrogens (primary N) is 1. The van der Waals surface area contributed by atoms with E-state index in [-0.39, 0.29) is 6.04 Å². The van der Waals surface area contributed by atoms with Crippen molar-refractivity contribution >= 4 is 27.7 Å². The summed E-state index contributed by atoms with van der Waals surface area (Å²) in [4.78, 5) is 9.79. The van der Waals surface area contributed by atoms with Crippen LogP contribution in [0.15, 0.2) is 45.0 Å². The highest BCUT2D eigenvalue weighted by Crippen LogP contribution is 2.29. The maximum atomic E-state index is 6.01. The zero-order valence-electron chi connectivity index (χ0n) is 11.6. The predicted octanol–water partition coefficient (Wildman–Crippen LogP) is 3.98. The molecule has 1 aromatic heterocycles. The van der Waals surface area contributed by atoms with E-state index in [2.05, 4.69) is 51.0 Å². The van der Waals surface area contributed by atoms with Crippen molar-refractivity contribution in [2.45, 2.75) is 42.8 Å². The molecule has 5 heteroatoms. The van der Waals surface area contributed by atoms with Gasteiger partial charge in [-0.3, -0.25) is 0 Å². The first-order valence-electron chi connectivity index (χ1n) is 6.60. The van der Waals surface area contributed by atoms with Gasteiger partial charge in [0, 0.05) is 27.3 Å². The smallest absolute Gasteiger partial charge is 0.192 e. The molecule has 0 amide bonds. The molecule has 1 atom stereocenters. The molecule has 1 aromatic carbocycles. The number of aryl methyl sites for hydroxylation is 1. The number of benzene rings is 1. The number of hydrogen-bond acceptors (Lipinski definition) is 4. The molecule has 2 aromatic rings. The van der Waals surface area contributed by atoms with E-state index in [1.807, 2.05) is 13.0 Å². The predicted molar refractivity (Wildman–Crippen MR) is 87.0 cm³/mol. The first kappa shape index (κ1) is 15.5. The Kier molecular flexibility index (Phi) is 5.57. The molecule has 0 spiro atoms. The summed E-state index contributed by atoms with van der Waals surface area (Å²) < 4.78 is 1.10. The van der Waals surface area contributed by atoms with Gasteiger partial charge >= 0.3 is 0 Å². The van der Waals surface area contributed by atoms with Gasteiger partial charge in [-0.25, -0.2) is 9.97 Å². The van der Waals surface area contributed by atoms with Crippen LogP contribution >= 0.6 is 27.7 Å². The Labute approximate surface area is 132 Å². The van der Waals surface area contributed by atoms with E-state index in [0.717, 1.165) is 33.1 Å². The Morgan fingerprint density at radius 3 is 2.80 bits per heavy atom. The number of halogens is 1. The molecule has 0 aliphatic carbocycles. The van der Waals surface area contributed by atoms with Gasteiger partial charge in [0.05, 0.1) is 0 Å². The Balaban J connectivity index is 2.13. The average Bonchev–Trinajstić information content (AvgIpc) is 2.41. The normalized spacial score (nSPS) is 12.4. The number of aromatic nitrogens is 2. The zero-order chi connectivity index (χ0) is 14.5. The van der Waals surface area contributed by atoms with Crippen molar-refractivity contribution in [1.82, 2.24) is 9.97 Å². The summed E-state index contributed by atoms with van der Waals surface area (Å²) in [5.41, 5.74) is 8.23. The van der Waals surface area contributed by atoms with E-state index in [1.165, 1.54) is 5.56 Å². The van der Waals surface area contributed by atoms with Crippen LogP contribution in [0.4, 0.5) is 0 Å². The summed E-state index contributed by atoms with van der Waals surface area (Å²) in [7, 11) is 0. The lowest BCUT2D eigenvalue weighted by Crippen LogP contribution is -2.21. The minimum Gasteiger partial charge on any atom is -0.327 e. The Morgan fingerprint density at radius 1 is 1.35 bits per heavy atom. The molecule has 0 saturated carbocycles. The highest BCUT2D eigenvalue weighted by atomic mass is 79.9. The molecule has 0 saturated heterocycles. The van der Waals surface area contributed by atoms with Crippen molar-refractivity contribution in [2.24, 2.45) is 5.73 Å². The van der Waals surface area contributed by atoms with Gasteiger partial charge in [0.2, 0.25) is 0 Å². The Hall–Kier alpha value is -0.910. The van der Waals surface area contributed by atoms with Crippen LogP contribution in [0.5, 0.6) is 0 Å². The highest BCUT2D eigenvalue weighted by molar-refractivity contribution is 9.10. The summed E-state index contributed by atoms with van der Waals surface area (Å²) in [5, 5.41) is 0.773. The fourth-order valence-electron chi connectivity index (χ4n) is 1.76. The highest BCUT2D eigenvalue weighted by Gasteiger charge is 2.08. The number of hydrogen-bond donors (Lipinski definition) is 1. The lowest BCUT2D eigenvalue weighted by Gasteiger charge is -2.11. The molecule has 0 fully saturated rings. The van der Waals surface area contributed by atoms with Crippen molar-refractivity contribution in [2.75, 3.05) is 0 Å². The summed E-state index contributed by atoms with van der Waals surface area (Å²) in [6.45, 7) is 4.08. The van der Waals surface area contributed by atoms with E-state index >= 15 is 0 Å². The standard InChI is InChI=1S/C15H18BrN3S/c1-3-12(17)8-11-4-5-13(9-14(11)16)20-15-18-7-6-10(2)19-15/h4-7,9,12H,3,8,17H2,1-2H3. The molecular formula is C15H18BrN3S. The third-order valence-corrected chi connectivity index (χ3v) is 4.62. The fourth-order valence-corrected chi connectivity index (χ4v) is 3.28. The van der Waals surface area contributed by atoms with E-state index in [0.29, 0.717) is 0 Å². The lowest BCUT2D eigenvalue weighted by atomic mass is 10.1. The summed E-state index contributed by atoms with van der Waals surface area (Å²) in [6.07, 6.45) is 3.66. The monoisotopic (exact) mass is 351 g/mol. The van der Waals surface area contributed by atoms with Crippen molar-refractivity contribution in [3.63, 3.8) is 0 Å². The van der Waals surface area contributed by atoms with Crippen LogP contribution in [-0.2, 0) is 6.42 Å². The van der Waals surface area contributed by atoms with Gasteiger partial charge in [-0.2, -0.15) is 0 Å². The van der Waals surface area contributed by atoms with Crippen LogP contribution in [0.25, 0.3) is 0 Å². The van der Waals surface area contributed by atoms with Gasteiger partial charge in [-0.15, -0.1) is 0 Å². The van der Waals surface area contributed by atoms with Crippen LogP contribution in [-0.4, -0.2) is 16.0 Å². The van der Waals surface area contributed by atoms with Crippen molar-refractivity contribution in [1.29, 1.82) is 0 Å². The van der Waals surface area contributed by atoms with Gasteiger partial charge in [-0.05, 0) is 55.3 Å². The molecule has 0 aliphatic heterocycles. The second-order valence-corrected chi connectivity index (χ2v) is 6.60. The lowest BCUT2D eigenvalue weighted by molar-refractivity contribution is 0.645. The molecule has 106 valence electrons. The maximum Gasteiger partial charge on any atom is 0.192 e. The molecule has 2 N–H and O–H groups in total. The van der Waals surface area contributed by atoms with Crippen molar-refractivity contribution in [3.8, 4) is 0 Å². The van der Waals surface area contributed by atoms with Crippen LogP contribution in [0.2, 0.25) is 0 Å². The molecule has 1 unspecified atom stereocenters. The second kappa shape index (κ2) is 7.20. The third kappa shape index (κ3) is 4.30. The first-order chi connectivity index (χ1) is 9.58. The number of rotatable bonds is 5. The van der Waals surface area contributed by atoms with E-state index < -0.39 is 0 Å². The summed E-state index contributed by atoms with van der Waals surface area (Å²) >= 11 is 5.19. The van der Waals surface area contributed by atoms with Crippen molar-refractivity contribution < 1.29 is 0 Å². The minimum absolute atomic E-state index is 0.213. The van der Waals surface area contributed by atoms with E-state index in [9.17, 15) is 0 Å².